The summed E-state index contributed by atoms with van der Waals surface area (Å²) in [5.74, 6) is 0.101. The molecule has 1 aliphatic carbocycles. The number of carbonyl (C=O) groups is 1. The Labute approximate surface area is 179 Å². The van der Waals surface area contributed by atoms with Crippen LogP contribution < -0.4 is 9.80 Å². The number of piperazine rings is 1. The minimum absolute atomic E-state index is 0.101. The SMILES string of the molecule is CC(=O)c1ccc(N2CC[NH+](C[C@@H](O)CO[C@H]3CCCc4ccccc43)CC2)cc1. The summed E-state index contributed by atoms with van der Waals surface area (Å²) < 4.78 is 6.13. The maximum absolute atomic E-state index is 11.4. The second-order valence-corrected chi connectivity index (χ2v) is 8.61. The number of fused-ring (bicyclic) bond motifs is 1. The number of Topliss-reactive ketones (excluding diaryl/α,β-unsaturated/α-hetero) is 1. The molecule has 4 rings (SSSR count). The van der Waals surface area contributed by atoms with Gasteiger partial charge in [0, 0.05) is 11.3 Å². The number of nitrogens with zero attached hydrogens (tertiary/aromatic N) is 1. The zero-order valence-electron chi connectivity index (χ0n) is 17.8. The highest BCUT2D eigenvalue weighted by molar-refractivity contribution is 5.94. The Balaban J connectivity index is 1.22. The lowest BCUT2D eigenvalue weighted by Gasteiger charge is -2.34. The van der Waals surface area contributed by atoms with E-state index >= 15 is 0 Å². The molecule has 2 N–H and O–H groups in total. The molecule has 0 aromatic heterocycles. The van der Waals surface area contributed by atoms with Gasteiger partial charge in [0.05, 0.1) is 38.9 Å². The molecule has 0 amide bonds. The number of hydrogen-bond donors (Lipinski definition) is 2. The minimum atomic E-state index is -0.435. The maximum Gasteiger partial charge on any atom is 0.159 e. The third-order valence-corrected chi connectivity index (χ3v) is 6.44. The standard InChI is InChI=1S/C25H32N2O3/c1-19(28)20-9-11-22(12-10-20)27-15-13-26(14-16-27)17-23(29)18-30-25-8-4-6-21-5-2-3-7-24(21)25/h2-3,5,7,9-12,23,25,29H,4,6,8,13-18H2,1H3/p+1/t23-,25+/m1/s1. The zero-order chi connectivity index (χ0) is 20.9. The Morgan fingerprint density at radius 1 is 1.17 bits per heavy atom. The Morgan fingerprint density at radius 2 is 1.90 bits per heavy atom. The van der Waals surface area contributed by atoms with Crippen molar-refractivity contribution in [2.45, 2.75) is 38.4 Å². The third kappa shape index (κ3) is 5.09. The smallest absolute Gasteiger partial charge is 0.159 e. The van der Waals surface area contributed by atoms with Crippen molar-refractivity contribution in [3.05, 3.63) is 65.2 Å². The zero-order valence-corrected chi connectivity index (χ0v) is 17.8. The molecule has 2 atom stereocenters. The summed E-state index contributed by atoms with van der Waals surface area (Å²) in [5.41, 5.74) is 4.61. The van der Waals surface area contributed by atoms with Gasteiger partial charge >= 0.3 is 0 Å². The van der Waals surface area contributed by atoms with E-state index in [4.69, 9.17) is 4.74 Å². The van der Waals surface area contributed by atoms with E-state index < -0.39 is 6.10 Å². The number of hydrogen-bond acceptors (Lipinski definition) is 4. The van der Waals surface area contributed by atoms with Gasteiger partial charge < -0.3 is 19.6 Å². The van der Waals surface area contributed by atoms with Crippen LogP contribution in [0.15, 0.2) is 48.5 Å². The molecule has 5 nitrogen and oxygen atoms in total. The molecule has 0 bridgehead atoms. The summed E-state index contributed by atoms with van der Waals surface area (Å²) >= 11 is 0. The van der Waals surface area contributed by atoms with E-state index in [9.17, 15) is 9.90 Å². The number of anilines is 1. The normalized spacial score (nSPS) is 20.6. The average Bonchev–Trinajstić information content (AvgIpc) is 2.78. The van der Waals surface area contributed by atoms with Crippen molar-refractivity contribution in [1.29, 1.82) is 0 Å². The summed E-state index contributed by atoms with van der Waals surface area (Å²) in [6, 6.07) is 16.4. The van der Waals surface area contributed by atoms with Gasteiger partial charge in [-0.25, -0.2) is 0 Å². The predicted octanol–water partition coefficient (Wildman–Crippen LogP) is 2.05. The number of carbonyl (C=O) groups excluding carboxylic acids is 1. The van der Waals surface area contributed by atoms with Crippen LogP contribution in [0.5, 0.6) is 0 Å². The van der Waals surface area contributed by atoms with E-state index in [1.807, 2.05) is 24.3 Å². The first kappa shape index (κ1) is 21.0. The monoisotopic (exact) mass is 409 g/mol. The quantitative estimate of drug-likeness (QED) is 0.688. The lowest BCUT2D eigenvalue weighted by molar-refractivity contribution is -0.903. The van der Waals surface area contributed by atoms with E-state index in [1.165, 1.54) is 21.7 Å². The molecule has 0 radical (unpaired) electrons. The van der Waals surface area contributed by atoms with Gasteiger partial charge in [0.2, 0.25) is 0 Å². The van der Waals surface area contributed by atoms with Crippen molar-refractivity contribution in [1.82, 2.24) is 0 Å². The number of rotatable bonds is 7. The van der Waals surface area contributed by atoms with E-state index in [-0.39, 0.29) is 11.9 Å². The molecule has 30 heavy (non-hydrogen) atoms. The van der Waals surface area contributed by atoms with Crippen LogP contribution >= 0.6 is 0 Å². The van der Waals surface area contributed by atoms with E-state index in [2.05, 4.69) is 29.2 Å². The molecular weight excluding hydrogens is 376 g/mol. The molecule has 2 aliphatic rings. The molecule has 1 saturated heterocycles. The molecule has 1 fully saturated rings. The summed E-state index contributed by atoms with van der Waals surface area (Å²) in [5, 5.41) is 10.6. The number of benzene rings is 2. The number of aryl methyl sites for hydroxylation is 1. The van der Waals surface area contributed by atoms with Gasteiger partial charge in [-0.05, 0) is 61.6 Å². The first-order valence-corrected chi connectivity index (χ1v) is 11.2. The van der Waals surface area contributed by atoms with Crippen molar-refractivity contribution >= 4 is 11.5 Å². The highest BCUT2D eigenvalue weighted by Crippen LogP contribution is 2.32. The Morgan fingerprint density at radius 3 is 2.63 bits per heavy atom. The van der Waals surface area contributed by atoms with Crippen LogP contribution in [0.4, 0.5) is 5.69 Å². The fourth-order valence-corrected chi connectivity index (χ4v) is 4.69. The van der Waals surface area contributed by atoms with Crippen LogP contribution in [-0.4, -0.2) is 56.3 Å². The molecule has 5 heteroatoms. The second-order valence-electron chi connectivity index (χ2n) is 8.61. The van der Waals surface area contributed by atoms with Crippen LogP contribution in [0.2, 0.25) is 0 Å². The highest BCUT2D eigenvalue weighted by atomic mass is 16.5. The molecule has 0 unspecified atom stereocenters. The van der Waals surface area contributed by atoms with Crippen LogP contribution in [0.25, 0.3) is 0 Å². The molecule has 0 spiro atoms. The second kappa shape index (κ2) is 9.73. The number of ether oxygens (including phenoxy) is 1. The first-order chi connectivity index (χ1) is 14.6. The summed E-state index contributed by atoms with van der Waals surface area (Å²) in [6.07, 6.45) is 3.01. The van der Waals surface area contributed by atoms with Crippen LogP contribution in [0, 0.1) is 0 Å². The van der Waals surface area contributed by atoms with Gasteiger partial charge in [-0.15, -0.1) is 0 Å². The van der Waals surface area contributed by atoms with E-state index in [0.29, 0.717) is 6.61 Å². The lowest BCUT2D eigenvalue weighted by Crippen LogP contribution is -3.16. The largest absolute Gasteiger partial charge is 0.385 e. The Kier molecular flexibility index (Phi) is 6.82. The van der Waals surface area contributed by atoms with Crippen molar-refractivity contribution < 1.29 is 19.5 Å². The predicted molar refractivity (Wildman–Crippen MR) is 118 cm³/mol. The Hall–Kier alpha value is -2.21. The topological polar surface area (TPSA) is 54.2 Å². The fourth-order valence-electron chi connectivity index (χ4n) is 4.69. The van der Waals surface area contributed by atoms with Crippen LogP contribution in [0.3, 0.4) is 0 Å². The minimum Gasteiger partial charge on any atom is -0.385 e. The van der Waals surface area contributed by atoms with E-state index in [1.54, 1.807) is 6.92 Å². The van der Waals surface area contributed by atoms with Gasteiger partial charge in [0.1, 0.15) is 12.6 Å². The first-order valence-electron chi connectivity index (χ1n) is 11.2. The molecule has 2 aromatic rings. The summed E-state index contributed by atoms with van der Waals surface area (Å²) in [4.78, 5) is 15.2. The highest BCUT2D eigenvalue weighted by Gasteiger charge is 2.25. The molecule has 2 aromatic carbocycles. The summed E-state index contributed by atoms with van der Waals surface area (Å²) in [7, 11) is 0. The van der Waals surface area contributed by atoms with Crippen LogP contribution in [0.1, 0.15) is 47.4 Å². The molecular formula is C25H33N2O3+. The van der Waals surface area contributed by atoms with Crippen LogP contribution in [-0.2, 0) is 11.2 Å². The molecule has 1 heterocycles. The van der Waals surface area contributed by atoms with Crippen molar-refractivity contribution in [2.24, 2.45) is 0 Å². The van der Waals surface area contributed by atoms with Crippen molar-refractivity contribution in [2.75, 3.05) is 44.2 Å². The molecule has 160 valence electrons. The van der Waals surface area contributed by atoms with E-state index in [0.717, 1.165) is 57.5 Å². The van der Waals surface area contributed by atoms with Gasteiger partial charge in [0.25, 0.3) is 0 Å². The fraction of sp³-hybridized carbons (Fsp3) is 0.480. The average molecular weight is 410 g/mol. The van der Waals surface area contributed by atoms with Crippen molar-refractivity contribution in [3.63, 3.8) is 0 Å². The number of aliphatic hydroxyl groups is 1. The number of aliphatic hydroxyl groups excluding tert-OH is 1. The van der Waals surface area contributed by atoms with Crippen molar-refractivity contribution in [3.8, 4) is 0 Å². The van der Waals surface area contributed by atoms with Gasteiger partial charge in [-0.2, -0.15) is 0 Å². The number of ketones is 1. The summed E-state index contributed by atoms with van der Waals surface area (Å²) in [6.45, 7) is 6.63. The lowest BCUT2D eigenvalue weighted by atomic mass is 9.89. The van der Waals surface area contributed by atoms with Gasteiger partial charge in [-0.3, -0.25) is 4.79 Å². The third-order valence-electron chi connectivity index (χ3n) is 6.44. The Bertz CT molecular complexity index is 844. The maximum atomic E-state index is 11.4. The molecule has 0 saturated carbocycles. The molecule has 1 aliphatic heterocycles. The van der Waals surface area contributed by atoms with Gasteiger partial charge in [0.15, 0.2) is 5.78 Å². The van der Waals surface area contributed by atoms with Gasteiger partial charge in [-0.1, -0.05) is 24.3 Å². The number of nitrogens with one attached hydrogen (secondary N) is 1. The number of quaternary nitrogens is 1.